The summed E-state index contributed by atoms with van der Waals surface area (Å²) in [5.74, 6) is -0.881. The molecular formula is C72H124O6. The average molecular weight is 1090 g/mol. The van der Waals surface area contributed by atoms with Crippen LogP contribution in [0.3, 0.4) is 0 Å². The smallest absolute Gasteiger partial charge is 0.306 e. The van der Waals surface area contributed by atoms with E-state index >= 15 is 0 Å². The number of rotatable bonds is 60. The molecule has 78 heavy (non-hydrogen) atoms. The minimum Gasteiger partial charge on any atom is -0.462 e. The van der Waals surface area contributed by atoms with Crippen LogP contribution < -0.4 is 0 Å². The molecule has 0 aromatic rings. The zero-order valence-corrected chi connectivity index (χ0v) is 51.4. The molecule has 0 N–H and O–H groups in total. The second kappa shape index (κ2) is 65.8. The van der Waals surface area contributed by atoms with Crippen LogP contribution in [0.1, 0.15) is 323 Å². The van der Waals surface area contributed by atoms with Crippen LogP contribution in [-0.4, -0.2) is 37.2 Å². The van der Waals surface area contributed by atoms with Crippen LogP contribution in [0.15, 0.2) is 97.2 Å². The highest BCUT2D eigenvalue weighted by Crippen LogP contribution is 2.17. The van der Waals surface area contributed by atoms with E-state index in [-0.39, 0.29) is 31.1 Å². The summed E-state index contributed by atoms with van der Waals surface area (Å²) in [6, 6.07) is 0. The van der Waals surface area contributed by atoms with Crippen molar-refractivity contribution in [2.75, 3.05) is 13.2 Å². The van der Waals surface area contributed by atoms with Crippen molar-refractivity contribution in [3.63, 3.8) is 0 Å². The van der Waals surface area contributed by atoms with Gasteiger partial charge in [-0.2, -0.15) is 0 Å². The lowest BCUT2D eigenvalue weighted by Crippen LogP contribution is -2.30. The number of carbonyl (C=O) groups excluding carboxylic acids is 3. The Bertz CT molecular complexity index is 1530. The van der Waals surface area contributed by atoms with Gasteiger partial charge in [-0.15, -0.1) is 0 Å². The van der Waals surface area contributed by atoms with Crippen LogP contribution >= 0.6 is 0 Å². The quantitative estimate of drug-likeness (QED) is 0.0261. The summed E-state index contributed by atoms with van der Waals surface area (Å²) in [5, 5.41) is 0. The SMILES string of the molecule is CC/C=C\C/C=C\C/C=C\C/C=C\C/C=C\C/C=C\CCCCCCCCCCCCCCCCC(=O)OCC(COC(=O)CCCCCCCCCCCCCCC)OC(=O)CCCCCCC/C=C\C/C=C\CCCC. The second-order valence-corrected chi connectivity index (χ2v) is 22.0. The van der Waals surface area contributed by atoms with E-state index in [4.69, 9.17) is 14.2 Å². The van der Waals surface area contributed by atoms with Crippen LogP contribution in [0.4, 0.5) is 0 Å². The van der Waals surface area contributed by atoms with Gasteiger partial charge < -0.3 is 14.2 Å². The lowest BCUT2D eigenvalue weighted by Gasteiger charge is -2.18. The van der Waals surface area contributed by atoms with Crippen molar-refractivity contribution < 1.29 is 28.6 Å². The van der Waals surface area contributed by atoms with E-state index in [2.05, 4.69) is 118 Å². The molecule has 0 amide bonds. The van der Waals surface area contributed by atoms with E-state index < -0.39 is 6.10 Å². The van der Waals surface area contributed by atoms with Gasteiger partial charge in [-0.1, -0.05) is 304 Å². The maximum Gasteiger partial charge on any atom is 0.306 e. The molecule has 0 fully saturated rings. The van der Waals surface area contributed by atoms with E-state index in [0.717, 1.165) is 122 Å². The number of hydrogen-bond donors (Lipinski definition) is 0. The van der Waals surface area contributed by atoms with Crippen LogP contribution in [0, 0.1) is 0 Å². The largest absolute Gasteiger partial charge is 0.462 e. The van der Waals surface area contributed by atoms with Crippen molar-refractivity contribution in [1.82, 2.24) is 0 Å². The zero-order chi connectivity index (χ0) is 56.4. The molecule has 0 aliphatic rings. The number of carbonyl (C=O) groups is 3. The number of hydrogen-bond acceptors (Lipinski definition) is 6. The summed E-state index contributed by atoms with van der Waals surface area (Å²) in [7, 11) is 0. The molecule has 0 spiro atoms. The maximum absolute atomic E-state index is 12.9. The Balaban J connectivity index is 4.17. The molecule has 6 heteroatoms. The first kappa shape index (κ1) is 74.3. The third-order valence-electron chi connectivity index (χ3n) is 14.3. The second-order valence-electron chi connectivity index (χ2n) is 22.0. The number of allylic oxidation sites excluding steroid dienone is 16. The minimum atomic E-state index is -0.782. The van der Waals surface area contributed by atoms with Gasteiger partial charge >= 0.3 is 17.9 Å². The third-order valence-corrected chi connectivity index (χ3v) is 14.3. The van der Waals surface area contributed by atoms with Crippen molar-refractivity contribution in [2.45, 2.75) is 329 Å². The van der Waals surface area contributed by atoms with E-state index in [1.165, 1.54) is 161 Å². The highest BCUT2D eigenvalue weighted by molar-refractivity contribution is 5.71. The van der Waals surface area contributed by atoms with Gasteiger partial charge in [0.2, 0.25) is 0 Å². The van der Waals surface area contributed by atoms with Crippen LogP contribution in [0.25, 0.3) is 0 Å². The molecule has 0 heterocycles. The number of ether oxygens (including phenoxy) is 3. The Morgan fingerprint density at radius 2 is 0.513 bits per heavy atom. The number of esters is 3. The van der Waals surface area contributed by atoms with Gasteiger partial charge in [-0.25, -0.2) is 0 Å². The highest BCUT2D eigenvalue weighted by Gasteiger charge is 2.19. The standard InChI is InChI=1S/C72H124O6/c1-4-7-10-13-16-19-22-25-27-28-29-30-31-32-33-34-35-36-37-38-39-40-41-42-43-44-45-48-50-53-56-59-62-65-71(74)77-68-69(67-76-70(73)64-61-58-55-52-49-46-24-21-18-15-12-9-6-3)78-72(75)66-63-60-57-54-51-47-26-23-20-17-14-11-8-5-2/h7,10,14,16-17,19,23,25-27,29-30,32-33,35-36,69H,4-6,8-9,11-13,15,18,20-22,24,28,31,34,37-68H2,1-3H3/b10-7-,17-14-,19-16-,26-23-,27-25-,30-29-,33-32-,36-35-. The van der Waals surface area contributed by atoms with Gasteiger partial charge in [0.1, 0.15) is 13.2 Å². The highest BCUT2D eigenvalue weighted by atomic mass is 16.6. The first-order chi connectivity index (χ1) is 38.5. The van der Waals surface area contributed by atoms with Crippen LogP contribution in [0.2, 0.25) is 0 Å². The first-order valence-electron chi connectivity index (χ1n) is 33.2. The summed E-state index contributed by atoms with van der Waals surface area (Å²) in [5.41, 5.74) is 0. The van der Waals surface area contributed by atoms with E-state index in [1.54, 1.807) is 0 Å². The van der Waals surface area contributed by atoms with Crippen molar-refractivity contribution in [3.8, 4) is 0 Å². The normalized spacial score (nSPS) is 12.7. The Morgan fingerprint density at radius 1 is 0.269 bits per heavy atom. The molecule has 0 rings (SSSR count). The lowest BCUT2D eigenvalue weighted by atomic mass is 10.0. The summed E-state index contributed by atoms with van der Waals surface area (Å²) in [6.45, 7) is 6.50. The molecular weight excluding hydrogens is 961 g/mol. The number of unbranched alkanes of at least 4 members (excludes halogenated alkanes) is 33. The molecule has 0 saturated heterocycles. The van der Waals surface area contributed by atoms with Gasteiger partial charge in [-0.3, -0.25) is 14.4 Å². The Labute approximate surface area is 483 Å². The molecule has 448 valence electrons. The average Bonchev–Trinajstić information content (AvgIpc) is 3.44. The summed E-state index contributed by atoms with van der Waals surface area (Å²) in [6.07, 6.45) is 88.5. The minimum absolute atomic E-state index is 0.0787. The zero-order valence-electron chi connectivity index (χ0n) is 51.4. The predicted octanol–water partition coefficient (Wildman–Crippen LogP) is 22.8. The van der Waals surface area contributed by atoms with Crippen molar-refractivity contribution in [3.05, 3.63) is 97.2 Å². The molecule has 0 bridgehead atoms. The summed E-state index contributed by atoms with van der Waals surface area (Å²) < 4.78 is 16.9. The Kier molecular flexibility index (Phi) is 62.7. The molecule has 0 aromatic carbocycles. The molecule has 0 radical (unpaired) electrons. The molecule has 0 aromatic heterocycles. The maximum atomic E-state index is 12.9. The predicted molar refractivity (Wildman–Crippen MR) is 339 cm³/mol. The van der Waals surface area contributed by atoms with E-state index in [0.29, 0.717) is 19.3 Å². The fourth-order valence-electron chi connectivity index (χ4n) is 9.35. The van der Waals surface area contributed by atoms with Crippen molar-refractivity contribution >= 4 is 17.9 Å². The fourth-order valence-corrected chi connectivity index (χ4v) is 9.35. The monoisotopic (exact) mass is 1080 g/mol. The van der Waals surface area contributed by atoms with Crippen LogP contribution in [0.5, 0.6) is 0 Å². The molecule has 1 unspecified atom stereocenters. The molecule has 0 saturated carbocycles. The summed E-state index contributed by atoms with van der Waals surface area (Å²) in [4.78, 5) is 38.3. The van der Waals surface area contributed by atoms with Crippen molar-refractivity contribution in [1.29, 1.82) is 0 Å². The van der Waals surface area contributed by atoms with Gasteiger partial charge in [-0.05, 0) is 96.3 Å². The first-order valence-corrected chi connectivity index (χ1v) is 33.2. The fraction of sp³-hybridized carbons (Fsp3) is 0.736. The molecule has 0 aliphatic heterocycles. The molecule has 0 aliphatic carbocycles. The Hall–Kier alpha value is -3.67. The van der Waals surface area contributed by atoms with E-state index in [9.17, 15) is 14.4 Å². The molecule has 6 nitrogen and oxygen atoms in total. The topological polar surface area (TPSA) is 78.9 Å². The van der Waals surface area contributed by atoms with Gasteiger partial charge in [0.05, 0.1) is 0 Å². The third kappa shape index (κ3) is 63.2. The summed E-state index contributed by atoms with van der Waals surface area (Å²) >= 11 is 0. The van der Waals surface area contributed by atoms with Gasteiger partial charge in [0, 0.05) is 19.3 Å². The lowest BCUT2D eigenvalue weighted by molar-refractivity contribution is -0.167. The molecule has 1 atom stereocenters. The van der Waals surface area contributed by atoms with E-state index in [1.807, 2.05) is 0 Å². The van der Waals surface area contributed by atoms with Crippen LogP contribution in [-0.2, 0) is 28.6 Å². The van der Waals surface area contributed by atoms with Gasteiger partial charge in [0.15, 0.2) is 6.10 Å². The Morgan fingerprint density at radius 3 is 0.821 bits per heavy atom. The van der Waals surface area contributed by atoms with Gasteiger partial charge in [0.25, 0.3) is 0 Å². The van der Waals surface area contributed by atoms with Crippen molar-refractivity contribution in [2.24, 2.45) is 0 Å².